The van der Waals surface area contributed by atoms with Crippen molar-refractivity contribution in [3.63, 3.8) is 0 Å². The third kappa shape index (κ3) is 5.83. The molecule has 75 heavy (non-hydrogen) atoms. The first kappa shape index (κ1) is 42.2. The van der Waals surface area contributed by atoms with Gasteiger partial charge in [0.25, 0.3) is 0 Å². The highest BCUT2D eigenvalue weighted by atomic mass is 32.1. The first-order valence-electron chi connectivity index (χ1n) is 24.9. The number of rotatable bonds is 5. The maximum atomic E-state index is 12.3. The molecule has 0 aliphatic carbocycles. The summed E-state index contributed by atoms with van der Waals surface area (Å²) in [7, 11) is 0. The highest BCUT2D eigenvalue weighted by Gasteiger charge is 2.34. The van der Waals surface area contributed by atoms with Crippen molar-refractivity contribution >= 4 is 144 Å². The lowest BCUT2D eigenvalue weighted by Crippen LogP contribution is -2.09. The van der Waals surface area contributed by atoms with Gasteiger partial charge in [0.2, 0.25) is 5.69 Å². The number of hydrogen-bond acceptors (Lipinski definition) is 4. The van der Waals surface area contributed by atoms with Crippen molar-refractivity contribution in [1.82, 2.24) is 9.13 Å². The van der Waals surface area contributed by atoms with Gasteiger partial charge in [-0.05, 0) is 46.5 Å². The van der Waals surface area contributed by atoms with Crippen LogP contribution in [-0.2, 0) is 0 Å². The molecule has 0 radical (unpaired) electrons. The molecule has 5 heterocycles. The number of nitrogens with zero attached hydrogens (tertiary/aromatic N) is 4. The van der Waals surface area contributed by atoms with E-state index in [9.17, 15) is 11.8 Å². The Labute approximate surface area is 441 Å². The fourth-order valence-corrected chi connectivity index (χ4v) is 16.0. The van der Waals surface area contributed by atoms with Gasteiger partial charge in [-0.15, -0.1) is 34.0 Å². The van der Waals surface area contributed by atoms with Crippen LogP contribution < -0.4 is 0 Å². The van der Waals surface area contributed by atoms with E-state index in [2.05, 4.69) is 215 Å². The second-order valence-corrected chi connectivity index (χ2v) is 22.3. The molecule has 7 heteroatoms. The number of hydrogen-bond donors (Lipinski definition) is 0. The average Bonchev–Trinajstić information content (AvgIpc) is 4.47. The van der Waals surface area contributed by atoms with E-state index in [0.717, 1.165) is 102 Å². The van der Waals surface area contributed by atoms with E-state index in [-0.39, 0.29) is 0 Å². The van der Waals surface area contributed by atoms with Crippen LogP contribution in [0.4, 0.5) is 5.69 Å². The number of nitriles is 1. The molecule has 0 saturated heterocycles. The van der Waals surface area contributed by atoms with Crippen LogP contribution in [0.25, 0.3) is 154 Å². The second-order valence-electron chi connectivity index (χ2n) is 19.2. The fraction of sp³-hybridized carbons (Fsp3) is 0. The van der Waals surface area contributed by atoms with Crippen molar-refractivity contribution in [1.29, 1.82) is 5.26 Å². The van der Waals surface area contributed by atoms with Crippen LogP contribution in [0.15, 0.2) is 218 Å². The van der Waals surface area contributed by atoms with Gasteiger partial charge in [0, 0.05) is 79.1 Å². The van der Waals surface area contributed by atoms with Crippen molar-refractivity contribution in [2.45, 2.75) is 0 Å². The molecule has 0 spiro atoms. The third-order valence-electron chi connectivity index (χ3n) is 15.4. The second kappa shape index (κ2) is 16.1. The molecule has 16 rings (SSSR count). The summed E-state index contributed by atoms with van der Waals surface area (Å²) in [5, 5.41) is 23.8. The first-order valence-corrected chi connectivity index (χ1v) is 27.4. The smallest absolute Gasteiger partial charge is 0.220 e. The first-order chi connectivity index (χ1) is 37.2. The summed E-state index contributed by atoms with van der Waals surface area (Å²) in [6, 6.07) is 80.7. The van der Waals surface area contributed by atoms with Crippen LogP contribution in [-0.4, -0.2) is 9.13 Å². The van der Waals surface area contributed by atoms with Crippen molar-refractivity contribution in [2.24, 2.45) is 0 Å². The van der Waals surface area contributed by atoms with Crippen molar-refractivity contribution in [3.05, 3.63) is 235 Å². The highest BCUT2D eigenvalue weighted by molar-refractivity contribution is 7.27. The van der Waals surface area contributed by atoms with Gasteiger partial charge < -0.3 is 9.13 Å². The van der Waals surface area contributed by atoms with Gasteiger partial charge in [0.1, 0.15) is 6.07 Å². The maximum Gasteiger partial charge on any atom is 0.220 e. The standard InChI is InChI=1S/C68H36N4S3/c1-70-60-57(40-20-7-3-8-21-40)52(38-69)61(71-53-28-17-27-42(39-18-5-2-6-19-39)59(53)51-37-36-50-45-26-13-16-31-56(45)75-68(50)64(51)71)58(41-22-9-4-10-23-41)65(60)72-62-46(32-34-48-43-24-11-14-29-54(43)73-66(48)62)47-33-35-49-44-25-12-15-30-55(44)74-67(49)63(47)72/h2-37H. The van der Waals surface area contributed by atoms with Gasteiger partial charge in [-0.25, -0.2) is 4.85 Å². The minimum Gasteiger partial charge on any atom is -0.316 e. The molecule has 346 valence electrons. The topological polar surface area (TPSA) is 38.0 Å². The van der Waals surface area contributed by atoms with Crippen molar-refractivity contribution < 1.29 is 0 Å². The Morgan fingerprint density at radius 3 is 1.29 bits per heavy atom. The van der Waals surface area contributed by atoms with Gasteiger partial charge in [-0.3, -0.25) is 0 Å². The molecule has 0 N–H and O–H groups in total. The van der Waals surface area contributed by atoms with E-state index < -0.39 is 0 Å². The quantitative estimate of drug-likeness (QED) is 0.158. The molecule has 16 aromatic rings. The van der Waals surface area contributed by atoms with E-state index in [1.807, 2.05) is 18.2 Å². The number of thiophene rings is 3. The Morgan fingerprint density at radius 1 is 0.373 bits per heavy atom. The fourth-order valence-electron chi connectivity index (χ4n) is 12.3. The van der Waals surface area contributed by atoms with E-state index in [1.54, 1.807) is 34.0 Å². The normalized spacial score (nSPS) is 12.0. The lowest BCUT2D eigenvalue weighted by atomic mass is 9.88. The van der Waals surface area contributed by atoms with Crippen LogP contribution in [0, 0.1) is 17.9 Å². The van der Waals surface area contributed by atoms with Crippen molar-refractivity contribution in [2.75, 3.05) is 0 Å². The molecule has 4 nitrogen and oxygen atoms in total. The lowest BCUT2D eigenvalue weighted by Gasteiger charge is -2.26. The number of benzene rings is 11. The summed E-state index contributed by atoms with van der Waals surface area (Å²) in [6.45, 7) is 9.63. The molecule has 0 aliphatic heterocycles. The summed E-state index contributed by atoms with van der Waals surface area (Å²) in [6.07, 6.45) is 0. The van der Waals surface area contributed by atoms with E-state index in [4.69, 9.17) is 4.85 Å². The average molecular weight is 1010 g/mol. The summed E-state index contributed by atoms with van der Waals surface area (Å²) >= 11 is 5.41. The third-order valence-corrected chi connectivity index (χ3v) is 19.0. The molecule has 0 unspecified atom stereocenters. The molecule has 0 fully saturated rings. The zero-order valence-corrected chi connectivity index (χ0v) is 42.2. The molecular weight excluding hydrogens is 969 g/mol. The highest BCUT2D eigenvalue weighted by Crippen LogP contribution is 2.56. The Morgan fingerprint density at radius 2 is 0.800 bits per heavy atom. The zero-order valence-electron chi connectivity index (χ0n) is 39.8. The zero-order chi connectivity index (χ0) is 49.5. The van der Waals surface area contributed by atoms with Gasteiger partial charge in [-0.1, -0.05) is 194 Å². The SMILES string of the molecule is [C-]#[N+]c1c(-c2ccccc2)c(C#N)c(-n2c3cccc(-c4ccccc4)c3c3ccc4c5ccccc5sc4c32)c(-c2ccccc2)c1-n1c2c(ccc3c4ccccc4sc32)c2ccc3c4ccccc4sc3c21. The summed E-state index contributed by atoms with van der Waals surface area (Å²) < 4.78 is 11.9. The van der Waals surface area contributed by atoms with Gasteiger partial charge in [0.15, 0.2) is 0 Å². The Bertz CT molecular complexity index is 5070. The van der Waals surface area contributed by atoms with Crippen LogP contribution in [0.5, 0.6) is 0 Å². The summed E-state index contributed by atoms with van der Waals surface area (Å²) in [5.74, 6) is 0. The maximum absolute atomic E-state index is 12.3. The lowest BCUT2D eigenvalue weighted by molar-refractivity contribution is 1.14. The monoisotopic (exact) mass is 1000 g/mol. The molecule has 11 aromatic carbocycles. The summed E-state index contributed by atoms with van der Waals surface area (Å²) in [4.78, 5) is 4.71. The van der Waals surface area contributed by atoms with Crippen LogP contribution in [0.2, 0.25) is 0 Å². The molecule has 5 aromatic heterocycles. The van der Waals surface area contributed by atoms with Crippen LogP contribution >= 0.6 is 34.0 Å². The van der Waals surface area contributed by atoms with Gasteiger partial charge in [-0.2, -0.15) is 5.26 Å². The molecule has 0 atom stereocenters. The number of aromatic nitrogens is 2. The molecule has 0 amide bonds. The van der Waals surface area contributed by atoms with Crippen LogP contribution in [0.1, 0.15) is 5.56 Å². The van der Waals surface area contributed by atoms with Gasteiger partial charge >= 0.3 is 0 Å². The molecule has 0 bridgehead atoms. The predicted octanol–water partition coefficient (Wildman–Crippen LogP) is 20.4. The van der Waals surface area contributed by atoms with E-state index >= 15 is 0 Å². The molecule has 0 aliphatic rings. The predicted molar refractivity (Wildman–Crippen MR) is 321 cm³/mol. The Balaban J connectivity index is 1.22. The van der Waals surface area contributed by atoms with Gasteiger partial charge in [0.05, 0.1) is 59.7 Å². The van der Waals surface area contributed by atoms with E-state index in [1.165, 1.54) is 41.0 Å². The Kier molecular flexibility index (Phi) is 9.05. The van der Waals surface area contributed by atoms with Crippen LogP contribution in [0.3, 0.4) is 0 Å². The number of fused-ring (bicyclic) bond motifs is 18. The summed E-state index contributed by atoms with van der Waals surface area (Å²) in [5.41, 5.74) is 11.8. The Hall–Kier alpha value is -9.34. The minimum absolute atomic E-state index is 0.424. The van der Waals surface area contributed by atoms with E-state index in [0.29, 0.717) is 16.8 Å². The molecule has 0 saturated carbocycles. The largest absolute Gasteiger partial charge is 0.316 e. The molecular formula is C68H36N4S3. The minimum atomic E-state index is 0.424. The van der Waals surface area contributed by atoms with Crippen molar-refractivity contribution in [3.8, 4) is 50.8 Å².